The number of hydrogen-bond donors (Lipinski definition) is 2. The summed E-state index contributed by atoms with van der Waals surface area (Å²) in [6.45, 7) is 5.17. The van der Waals surface area contributed by atoms with E-state index in [9.17, 15) is 9.90 Å². The lowest BCUT2D eigenvalue weighted by Crippen LogP contribution is -2.51. The highest BCUT2D eigenvalue weighted by atomic mass is 32.2. The van der Waals surface area contributed by atoms with Crippen LogP contribution in [0.5, 0.6) is 0 Å². The van der Waals surface area contributed by atoms with Crippen molar-refractivity contribution in [3.8, 4) is 0 Å². The number of rotatable bonds is 4. The van der Waals surface area contributed by atoms with Crippen LogP contribution >= 0.6 is 11.8 Å². The predicted molar refractivity (Wildman–Crippen MR) is 80.3 cm³/mol. The van der Waals surface area contributed by atoms with Crippen LogP contribution < -0.4 is 5.32 Å². The highest BCUT2D eigenvalue weighted by molar-refractivity contribution is 7.99. The zero-order chi connectivity index (χ0) is 13.9. The molecule has 2 fully saturated rings. The van der Waals surface area contributed by atoms with Gasteiger partial charge in [0, 0.05) is 6.54 Å². The number of nitrogens with one attached hydrogen (secondary N) is 1. The van der Waals surface area contributed by atoms with Crippen LogP contribution in [0.25, 0.3) is 0 Å². The second-order valence-corrected chi connectivity index (χ2v) is 8.02. The Morgan fingerprint density at radius 1 is 1.32 bits per heavy atom. The molecule has 1 aliphatic heterocycles. The summed E-state index contributed by atoms with van der Waals surface area (Å²) in [5.74, 6) is 2.33. The van der Waals surface area contributed by atoms with Crippen molar-refractivity contribution in [1.82, 2.24) is 5.32 Å². The van der Waals surface area contributed by atoms with Crippen LogP contribution in [0.4, 0.5) is 0 Å². The Balaban J connectivity index is 1.85. The molecule has 4 heteroatoms. The van der Waals surface area contributed by atoms with Crippen molar-refractivity contribution in [2.75, 3.05) is 18.1 Å². The molecule has 1 amide bonds. The first-order valence-corrected chi connectivity index (χ1v) is 8.68. The van der Waals surface area contributed by atoms with Gasteiger partial charge in [0.1, 0.15) is 5.60 Å². The van der Waals surface area contributed by atoms with Crippen LogP contribution in [-0.2, 0) is 4.79 Å². The zero-order valence-corrected chi connectivity index (χ0v) is 13.0. The fourth-order valence-corrected chi connectivity index (χ4v) is 4.43. The lowest BCUT2D eigenvalue weighted by Gasteiger charge is -2.35. The van der Waals surface area contributed by atoms with Gasteiger partial charge in [0.2, 0.25) is 0 Å². The summed E-state index contributed by atoms with van der Waals surface area (Å²) in [5.41, 5.74) is -0.969. The van der Waals surface area contributed by atoms with Crippen LogP contribution in [0.3, 0.4) is 0 Å². The molecule has 2 N–H and O–H groups in total. The molecule has 0 spiro atoms. The van der Waals surface area contributed by atoms with Gasteiger partial charge in [-0.2, -0.15) is 11.8 Å². The van der Waals surface area contributed by atoms with Crippen molar-refractivity contribution in [2.24, 2.45) is 11.3 Å². The summed E-state index contributed by atoms with van der Waals surface area (Å²) in [7, 11) is 0. The van der Waals surface area contributed by atoms with E-state index in [1.165, 1.54) is 25.7 Å². The van der Waals surface area contributed by atoms with Crippen LogP contribution in [0.15, 0.2) is 0 Å². The minimum absolute atomic E-state index is 0.145. The van der Waals surface area contributed by atoms with Gasteiger partial charge in [0.15, 0.2) is 0 Å². The third-order valence-electron chi connectivity index (χ3n) is 4.91. The molecule has 0 bridgehead atoms. The Morgan fingerprint density at radius 3 is 2.47 bits per heavy atom. The minimum Gasteiger partial charge on any atom is -0.380 e. The average molecular weight is 285 g/mol. The number of amides is 1. The number of aliphatic hydroxyl groups is 1. The van der Waals surface area contributed by atoms with Gasteiger partial charge in [-0.25, -0.2) is 0 Å². The number of carbonyl (C=O) groups excluding carboxylic acids is 1. The Hall–Kier alpha value is -0.220. The predicted octanol–water partition coefficient (Wildman–Crippen LogP) is 2.58. The molecule has 1 saturated carbocycles. The second kappa shape index (κ2) is 6.04. The Labute approximate surface area is 120 Å². The van der Waals surface area contributed by atoms with Crippen LogP contribution in [0, 0.1) is 11.3 Å². The Morgan fingerprint density at radius 2 is 1.89 bits per heavy atom. The molecule has 1 heterocycles. The van der Waals surface area contributed by atoms with Gasteiger partial charge < -0.3 is 10.4 Å². The molecule has 3 nitrogen and oxygen atoms in total. The van der Waals surface area contributed by atoms with Crippen molar-refractivity contribution >= 4 is 17.7 Å². The van der Waals surface area contributed by atoms with E-state index in [1.807, 2.05) is 11.8 Å². The molecule has 1 aliphatic carbocycles. The van der Waals surface area contributed by atoms with Crippen molar-refractivity contribution < 1.29 is 9.90 Å². The fourth-order valence-electron chi connectivity index (χ4n) is 3.26. The average Bonchev–Trinajstić information content (AvgIpc) is 2.91. The third-order valence-corrected chi connectivity index (χ3v) is 5.89. The summed E-state index contributed by atoms with van der Waals surface area (Å²) >= 11 is 1.82. The molecule has 2 aliphatic rings. The SMILES string of the molecule is CC(C)(CNC(=O)C1(O)CCSCC1)C1CCCC1. The Bertz CT molecular complexity index is 318. The maximum absolute atomic E-state index is 12.2. The lowest BCUT2D eigenvalue weighted by molar-refractivity contribution is -0.141. The van der Waals surface area contributed by atoms with E-state index in [-0.39, 0.29) is 11.3 Å². The highest BCUT2D eigenvalue weighted by Crippen LogP contribution is 2.39. The van der Waals surface area contributed by atoms with Gasteiger partial charge in [0.25, 0.3) is 5.91 Å². The van der Waals surface area contributed by atoms with Crippen molar-refractivity contribution in [3.05, 3.63) is 0 Å². The second-order valence-electron chi connectivity index (χ2n) is 6.80. The molecule has 0 unspecified atom stereocenters. The quantitative estimate of drug-likeness (QED) is 0.834. The molecule has 19 heavy (non-hydrogen) atoms. The van der Waals surface area contributed by atoms with Gasteiger partial charge in [-0.3, -0.25) is 4.79 Å². The van der Waals surface area contributed by atoms with E-state index in [1.54, 1.807) is 0 Å². The van der Waals surface area contributed by atoms with Gasteiger partial charge in [-0.05, 0) is 48.5 Å². The molecule has 2 rings (SSSR count). The molecular weight excluding hydrogens is 258 g/mol. The lowest BCUT2D eigenvalue weighted by atomic mass is 9.77. The van der Waals surface area contributed by atoms with E-state index in [2.05, 4.69) is 19.2 Å². The van der Waals surface area contributed by atoms with Gasteiger partial charge in [-0.15, -0.1) is 0 Å². The zero-order valence-electron chi connectivity index (χ0n) is 12.2. The standard InChI is InChI=1S/C15H27NO2S/c1-14(2,12-5-3-4-6-12)11-16-13(17)15(18)7-9-19-10-8-15/h12,18H,3-11H2,1-2H3,(H,16,17). The van der Waals surface area contributed by atoms with E-state index < -0.39 is 5.60 Å². The first kappa shape index (κ1) is 15.2. The van der Waals surface area contributed by atoms with Crippen molar-refractivity contribution in [3.63, 3.8) is 0 Å². The molecule has 0 radical (unpaired) electrons. The molecule has 110 valence electrons. The van der Waals surface area contributed by atoms with Gasteiger partial charge in [0.05, 0.1) is 0 Å². The normalized spacial score (nSPS) is 24.4. The van der Waals surface area contributed by atoms with Crippen LogP contribution in [-0.4, -0.2) is 34.7 Å². The number of carbonyl (C=O) groups is 1. The van der Waals surface area contributed by atoms with Gasteiger partial charge >= 0.3 is 0 Å². The molecule has 0 aromatic carbocycles. The van der Waals surface area contributed by atoms with Crippen molar-refractivity contribution in [1.29, 1.82) is 0 Å². The monoisotopic (exact) mass is 285 g/mol. The van der Waals surface area contributed by atoms with Crippen LogP contribution in [0.1, 0.15) is 52.4 Å². The maximum Gasteiger partial charge on any atom is 0.252 e. The third kappa shape index (κ3) is 3.66. The fraction of sp³-hybridized carbons (Fsp3) is 0.933. The molecule has 0 atom stereocenters. The van der Waals surface area contributed by atoms with Crippen molar-refractivity contribution in [2.45, 2.75) is 58.0 Å². The summed E-state index contributed by atoms with van der Waals surface area (Å²) < 4.78 is 0. The summed E-state index contributed by atoms with van der Waals surface area (Å²) in [6.07, 6.45) is 6.39. The van der Waals surface area contributed by atoms with Crippen LogP contribution in [0.2, 0.25) is 0 Å². The smallest absolute Gasteiger partial charge is 0.252 e. The Kier molecular flexibility index (Phi) is 4.83. The first-order chi connectivity index (χ1) is 8.94. The van der Waals surface area contributed by atoms with E-state index >= 15 is 0 Å². The first-order valence-electron chi connectivity index (χ1n) is 7.52. The molecule has 0 aromatic rings. The molecule has 1 saturated heterocycles. The minimum atomic E-state index is -1.11. The number of hydrogen-bond acceptors (Lipinski definition) is 3. The van der Waals surface area contributed by atoms with E-state index in [0.717, 1.165) is 11.5 Å². The van der Waals surface area contributed by atoms with E-state index in [0.29, 0.717) is 25.3 Å². The summed E-state index contributed by atoms with van der Waals surface area (Å²) in [4.78, 5) is 12.2. The summed E-state index contributed by atoms with van der Waals surface area (Å²) in [6, 6.07) is 0. The highest BCUT2D eigenvalue weighted by Gasteiger charge is 2.39. The topological polar surface area (TPSA) is 49.3 Å². The largest absolute Gasteiger partial charge is 0.380 e. The summed E-state index contributed by atoms with van der Waals surface area (Å²) in [5, 5.41) is 13.4. The van der Waals surface area contributed by atoms with E-state index in [4.69, 9.17) is 0 Å². The maximum atomic E-state index is 12.2. The van der Waals surface area contributed by atoms with Gasteiger partial charge in [-0.1, -0.05) is 26.7 Å². The molecule has 0 aromatic heterocycles. The number of thioether (sulfide) groups is 1. The molecular formula is C15H27NO2S.